The lowest BCUT2D eigenvalue weighted by molar-refractivity contribution is -0.123. The van der Waals surface area contributed by atoms with Crippen LogP contribution in [0.5, 0.6) is 0 Å². The highest BCUT2D eigenvalue weighted by Gasteiger charge is 2.30. The van der Waals surface area contributed by atoms with Gasteiger partial charge >= 0.3 is 0 Å². The van der Waals surface area contributed by atoms with Crippen LogP contribution in [-0.2, 0) is 9.32 Å². The van der Waals surface area contributed by atoms with Crippen LogP contribution in [0.2, 0.25) is 0 Å². The van der Waals surface area contributed by atoms with Crippen LogP contribution < -0.4 is 0 Å². The zero-order valence-electron chi connectivity index (χ0n) is 6.03. The van der Waals surface area contributed by atoms with Gasteiger partial charge in [0.1, 0.15) is 0 Å². The summed E-state index contributed by atoms with van der Waals surface area (Å²) in [5.74, 6) is 0.799. The Labute approximate surface area is 65.7 Å². The van der Waals surface area contributed by atoms with Crippen LogP contribution in [0.15, 0.2) is 0 Å². The van der Waals surface area contributed by atoms with Gasteiger partial charge in [-0.15, -0.1) is 0 Å². The monoisotopic (exact) mass is 179 g/mol. The summed E-state index contributed by atoms with van der Waals surface area (Å²) in [4.78, 5) is 11.0. The van der Waals surface area contributed by atoms with E-state index >= 15 is 0 Å². The average Bonchev–Trinajstić information content (AvgIpc) is 2.30. The van der Waals surface area contributed by atoms with Crippen molar-refractivity contribution in [1.82, 2.24) is 4.67 Å². The molecule has 1 rings (SSSR count). The summed E-state index contributed by atoms with van der Waals surface area (Å²) in [7, 11) is 1.01. The first-order chi connectivity index (χ1) is 4.79. The second-order valence-electron chi connectivity index (χ2n) is 1.80. The largest absolute Gasteiger partial charge is 0.334 e. The number of rotatable bonds is 2. The molecule has 1 heterocycles. The van der Waals surface area contributed by atoms with Gasteiger partial charge in [0, 0.05) is 13.7 Å². The SMILES string of the molecule is CCN1C(=O)CSP1OC. The third-order valence-electron chi connectivity index (χ3n) is 1.24. The van der Waals surface area contributed by atoms with Crippen molar-refractivity contribution in [3.05, 3.63) is 0 Å². The van der Waals surface area contributed by atoms with Gasteiger partial charge in [-0.2, -0.15) is 0 Å². The van der Waals surface area contributed by atoms with Crippen molar-refractivity contribution < 1.29 is 9.32 Å². The Morgan fingerprint density at radius 2 is 2.60 bits per heavy atom. The van der Waals surface area contributed by atoms with E-state index in [0.29, 0.717) is 5.75 Å². The summed E-state index contributed by atoms with van der Waals surface area (Å²) in [6, 6.07) is 0. The van der Waals surface area contributed by atoms with E-state index in [2.05, 4.69) is 0 Å². The van der Waals surface area contributed by atoms with E-state index in [1.807, 2.05) is 6.92 Å². The maximum atomic E-state index is 11.0. The molecular formula is C5H10NO2PS. The van der Waals surface area contributed by atoms with Gasteiger partial charge in [0.25, 0.3) is 0 Å². The van der Waals surface area contributed by atoms with Crippen molar-refractivity contribution in [2.24, 2.45) is 0 Å². The molecule has 1 aliphatic heterocycles. The van der Waals surface area contributed by atoms with Gasteiger partial charge < -0.3 is 4.52 Å². The number of amides is 1. The van der Waals surface area contributed by atoms with Crippen molar-refractivity contribution in [3.63, 3.8) is 0 Å². The highest BCUT2D eigenvalue weighted by Crippen LogP contribution is 2.57. The molecule has 58 valence electrons. The highest BCUT2D eigenvalue weighted by atomic mass is 32.7. The second kappa shape index (κ2) is 3.56. The fraction of sp³-hybridized carbons (Fsp3) is 0.800. The van der Waals surface area contributed by atoms with Crippen LogP contribution in [0.4, 0.5) is 0 Å². The van der Waals surface area contributed by atoms with E-state index in [1.165, 1.54) is 0 Å². The van der Waals surface area contributed by atoms with Gasteiger partial charge in [-0.25, -0.2) is 0 Å². The predicted octanol–water partition coefficient (Wildman–Crippen LogP) is 1.45. The molecule has 1 aliphatic rings. The number of hydrogen-bond acceptors (Lipinski definition) is 3. The second-order valence-corrected chi connectivity index (χ2v) is 5.39. The molecule has 0 N–H and O–H groups in total. The molecule has 1 amide bonds. The average molecular weight is 179 g/mol. The molecule has 0 saturated carbocycles. The summed E-state index contributed by atoms with van der Waals surface area (Å²) in [5.41, 5.74) is 0. The molecular weight excluding hydrogens is 169 g/mol. The van der Waals surface area contributed by atoms with Gasteiger partial charge in [-0.3, -0.25) is 9.46 Å². The summed E-state index contributed by atoms with van der Waals surface area (Å²) in [6.45, 7) is 2.74. The minimum Gasteiger partial charge on any atom is -0.334 e. The van der Waals surface area contributed by atoms with E-state index in [0.717, 1.165) is 6.54 Å². The van der Waals surface area contributed by atoms with Crippen molar-refractivity contribution >= 4 is 24.8 Å². The lowest BCUT2D eigenvalue weighted by atomic mass is 10.6. The standard InChI is InChI=1S/C5H10NO2PS/c1-3-6-5(7)4-10-9(6)8-2/h3-4H2,1-2H3. The Hall–Kier alpha value is 0.210. The fourth-order valence-corrected chi connectivity index (χ4v) is 4.20. The molecule has 0 bridgehead atoms. The first-order valence-electron chi connectivity index (χ1n) is 3.07. The smallest absolute Gasteiger partial charge is 0.238 e. The lowest BCUT2D eigenvalue weighted by Crippen LogP contribution is -2.20. The Bertz CT molecular complexity index is 144. The van der Waals surface area contributed by atoms with Crippen molar-refractivity contribution in [2.75, 3.05) is 19.4 Å². The molecule has 1 fully saturated rings. The first kappa shape index (κ1) is 8.31. The van der Waals surface area contributed by atoms with Gasteiger partial charge in [0.15, 0.2) is 0 Å². The van der Waals surface area contributed by atoms with Crippen molar-refractivity contribution in [3.8, 4) is 0 Å². The van der Waals surface area contributed by atoms with Gasteiger partial charge in [0.05, 0.1) is 5.75 Å². The zero-order chi connectivity index (χ0) is 7.56. The minimum absolute atomic E-state index is 0.209. The quantitative estimate of drug-likeness (QED) is 0.601. The van der Waals surface area contributed by atoms with E-state index in [1.54, 1.807) is 23.2 Å². The third kappa shape index (κ3) is 1.44. The van der Waals surface area contributed by atoms with Crippen molar-refractivity contribution in [1.29, 1.82) is 0 Å². The summed E-state index contributed by atoms with van der Waals surface area (Å²) >= 11 is 1.60. The maximum Gasteiger partial charge on any atom is 0.238 e. The number of hydrogen-bond donors (Lipinski definition) is 0. The molecule has 10 heavy (non-hydrogen) atoms. The molecule has 3 nitrogen and oxygen atoms in total. The molecule has 0 spiro atoms. The molecule has 1 saturated heterocycles. The molecule has 0 aromatic heterocycles. The van der Waals surface area contributed by atoms with Gasteiger partial charge in [-0.05, 0) is 6.92 Å². The molecule has 1 unspecified atom stereocenters. The third-order valence-corrected chi connectivity index (χ3v) is 5.14. The summed E-state index contributed by atoms with van der Waals surface area (Å²) in [6.07, 6.45) is 0. The van der Waals surface area contributed by atoms with Crippen LogP contribution in [0.1, 0.15) is 6.92 Å². The topological polar surface area (TPSA) is 29.5 Å². The van der Waals surface area contributed by atoms with Crippen LogP contribution in [0.3, 0.4) is 0 Å². The Morgan fingerprint density at radius 1 is 1.90 bits per heavy atom. The van der Waals surface area contributed by atoms with E-state index in [-0.39, 0.29) is 5.91 Å². The Morgan fingerprint density at radius 3 is 3.00 bits per heavy atom. The van der Waals surface area contributed by atoms with Crippen molar-refractivity contribution in [2.45, 2.75) is 6.92 Å². The minimum atomic E-state index is -0.645. The first-order valence-corrected chi connectivity index (χ1v) is 5.87. The van der Waals surface area contributed by atoms with Crippen LogP contribution in [-0.4, -0.2) is 30.0 Å². The van der Waals surface area contributed by atoms with E-state index in [4.69, 9.17) is 4.52 Å². The predicted molar refractivity (Wildman–Crippen MR) is 43.8 cm³/mol. The zero-order valence-corrected chi connectivity index (χ0v) is 7.74. The number of nitrogens with zero attached hydrogens (tertiary/aromatic N) is 1. The number of carbonyl (C=O) groups is 1. The molecule has 0 aliphatic carbocycles. The number of carbonyl (C=O) groups excluding carboxylic acids is 1. The van der Waals surface area contributed by atoms with E-state index < -0.39 is 7.50 Å². The summed E-state index contributed by atoms with van der Waals surface area (Å²) in [5, 5.41) is 0. The van der Waals surface area contributed by atoms with Crippen LogP contribution in [0, 0.1) is 0 Å². The molecule has 1 atom stereocenters. The van der Waals surface area contributed by atoms with Gasteiger partial charge in [0.2, 0.25) is 13.4 Å². The highest BCUT2D eigenvalue weighted by molar-refractivity contribution is 8.54. The molecule has 0 aromatic carbocycles. The van der Waals surface area contributed by atoms with Crippen LogP contribution >= 0.6 is 18.9 Å². The lowest BCUT2D eigenvalue weighted by Gasteiger charge is -2.18. The normalized spacial score (nSPS) is 26.0. The van der Waals surface area contributed by atoms with E-state index in [9.17, 15) is 4.79 Å². The van der Waals surface area contributed by atoms with Crippen LogP contribution in [0.25, 0.3) is 0 Å². The molecule has 5 heteroatoms. The summed E-state index contributed by atoms with van der Waals surface area (Å²) < 4.78 is 6.91. The Balaban J connectivity index is 2.54. The molecule has 0 aromatic rings. The Kier molecular flexibility index (Phi) is 2.96. The fourth-order valence-electron chi connectivity index (χ4n) is 0.789. The molecule has 0 radical (unpaired) electrons. The van der Waals surface area contributed by atoms with Gasteiger partial charge in [-0.1, -0.05) is 11.4 Å². The maximum absolute atomic E-state index is 11.0.